The van der Waals surface area contributed by atoms with E-state index in [-0.39, 0.29) is 22.7 Å². The number of carbonyl (C=O) groups is 1. The maximum Gasteiger partial charge on any atom is 0.266 e. The molecule has 1 N–H and O–H groups in total. The standard InChI is InChI=1S/C22H26BrClN2O2S/c23-17-11-14(12-18(24)20(17)27)13-19-21(28)26(16-9-5-2-6-10-16)22(29-19)25-15-7-3-1-4-8-15/h11-13,15-16,27H,1-10H2. The van der Waals surface area contributed by atoms with E-state index < -0.39 is 0 Å². The molecule has 4 nitrogen and oxygen atoms in total. The summed E-state index contributed by atoms with van der Waals surface area (Å²) in [7, 11) is 0. The van der Waals surface area contributed by atoms with E-state index in [9.17, 15) is 9.90 Å². The zero-order chi connectivity index (χ0) is 20.4. The van der Waals surface area contributed by atoms with E-state index in [0.717, 1.165) is 36.4 Å². The van der Waals surface area contributed by atoms with Crippen LogP contribution in [0.2, 0.25) is 5.02 Å². The normalized spacial score (nSPS) is 24.8. The third-order valence-corrected chi connectivity index (χ3v) is 7.87. The summed E-state index contributed by atoms with van der Waals surface area (Å²) < 4.78 is 0.521. The smallest absolute Gasteiger partial charge is 0.266 e. The van der Waals surface area contributed by atoms with E-state index in [2.05, 4.69) is 15.9 Å². The summed E-state index contributed by atoms with van der Waals surface area (Å²) in [6.07, 6.45) is 13.6. The number of hydrogen-bond acceptors (Lipinski definition) is 4. The molecule has 1 saturated heterocycles. The van der Waals surface area contributed by atoms with Crippen molar-refractivity contribution in [3.05, 3.63) is 32.1 Å². The fourth-order valence-electron chi connectivity index (χ4n) is 4.42. The highest BCUT2D eigenvalue weighted by atomic mass is 79.9. The minimum atomic E-state index is 0.0163. The summed E-state index contributed by atoms with van der Waals surface area (Å²) in [5, 5.41) is 11.0. The van der Waals surface area contributed by atoms with Crippen LogP contribution in [0.25, 0.3) is 6.08 Å². The summed E-state index contributed by atoms with van der Waals surface area (Å²) >= 11 is 10.9. The lowest BCUT2D eigenvalue weighted by molar-refractivity contribution is -0.124. The molecule has 1 aliphatic heterocycles. The number of amides is 1. The third kappa shape index (κ3) is 4.86. The first-order valence-corrected chi connectivity index (χ1v) is 12.5. The van der Waals surface area contributed by atoms with Crippen molar-refractivity contribution in [2.24, 2.45) is 4.99 Å². The highest BCUT2D eigenvalue weighted by Crippen LogP contribution is 2.40. The summed E-state index contributed by atoms with van der Waals surface area (Å²) in [5.41, 5.74) is 0.790. The van der Waals surface area contributed by atoms with Crippen LogP contribution in [-0.4, -0.2) is 33.2 Å². The number of amidine groups is 1. The van der Waals surface area contributed by atoms with Gasteiger partial charge in [0.2, 0.25) is 0 Å². The van der Waals surface area contributed by atoms with Gasteiger partial charge in [0, 0.05) is 6.04 Å². The molecule has 0 radical (unpaired) electrons. The van der Waals surface area contributed by atoms with Gasteiger partial charge in [-0.25, -0.2) is 0 Å². The van der Waals surface area contributed by atoms with Gasteiger partial charge in [0.25, 0.3) is 5.91 Å². The number of aliphatic imine (C=N–C) groups is 1. The Hall–Kier alpha value is -0.980. The topological polar surface area (TPSA) is 52.9 Å². The minimum absolute atomic E-state index is 0.0163. The van der Waals surface area contributed by atoms with Crippen molar-refractivity contribution in [3.63, 3.8) is 0 Å². The number of nitrogens with zero attached hydrogens (tertiary/aromatic N) is 2. The molecule has 1 heterocycles. The van der Waals surface area contributed by atoms with Gasteiger partial charge >= 0.3 is 0 Å². The number of phenols is 1. The number of benzene rings is 1. The van der Waals surface area contributed by atoms with Crippen LogP contribution in [0, 0.1) is 0 Å². The summed E-state index contributed by atoms with van der Waals surface area (Å²) in [5.74, 6) is 0.0689. The highest BCUT2D eigenvalue weighted by molar-refractivity contribution is 9.10. The molecule has 1 aromatic carbocycles. The molecule has 3 aliphatic rings. The number of phenolic OH excluding ortho intramolecular Hbond substituents is 1. The van der Waals surface area contributed by atoms with Crippen molar-refractivity contribution < 1.29 is 9.90 Å². The van der Waals surface area contributed by atoms with Gasteiger partial charge in [-0.05, 0) is 77.1 Å². The van der Waals surface area contributed by atoms with Gasteiger partial charge in [0.1, 0.15) is 5.75 Å². The van der Waals surface area contributed by atoms with Crippen LogP contribution in [0.5, 0.6) is 5.75 Å². The van der Waals surface area contributed by atoms with Crippen molar-refractivity contribution in [3.8, 4) is 5.75 Å². The Bertz CT molecular complexity index is 822. The lowest BCUT2D eigenvalue weighted by Crippen LogP contribution is -2.41. The van der Waals surface area contributed by atoms with Gasteiger partial charge in [-0.3, -0.25) is 14.7 Å². The molecular weight excluding hydrogens is 472 g/mol. The quantitative estimate of drug-likeness (QED) is 0.470. The van der Waals surface area contributed by atoms with Crippen LogP contribution in [-0.2, 0) is 4.79 Å². The molecule has 0 bridgehead atoms. The van der Waals surface area contributed by atoms with E-state index in [0.29, 0.717) is 15.4 Å². The van der Waals surface area contributed by atoms with E-state index >= 15 is 0 Å². The summed E-state index contributed by atoms with van der Waals surface area (Å²) in [6.45, 7) is 0. The highest BCUT2D eigenvalue weighted by Gasteiger charge is 2.39. The lowest BCUT2D eigenvalue weighted by Gasteiger charge is -2.31. The predicted octanol–water partition coefficient (Wildman–Crippen LogP) is 6.75. The fraction of sp³-hybridized carbons (Fsp3) is 0.545. The van der Waals surface area contributed by atoms with Gasteiger partial charge in [-0.1, -0.05) is 50.1 Å². The van der Waals surface area contributed by atoms with Crippen molar-refractivity contribution in [1.82, 2.24) is 4.90 Å². The average molecular weight is 498 g/mol. The minimum Gasteiger partial charge on any atom is -0.505 e. The van der Waals surface area contributed by atoms with Gasteiger partial charge in [0.15, 0.2) is 5.17 Å². The molecule has 2 saturated carbocycles. The summed E-state index contributed by atoms with van der Waals surface area (Å²) in [6, 6.07) is 4.06. The number of carbonyl (C=O) groups excluding carboxylic acids is 1. The molecule has 4 rings (SSSR count). The second-order valence-electron chi connectivity index (χ2n) is 8.11. The second-order valence-corrected chi connectivity index (χ2v) is 10.4. The van der Waals surface area contributed by atoms with E-state index in [1.807, 2.05) is 11.0 Å². The van der Waals surface area contributed by atoms with Crippen molar-refractivity contribution in [2.45, 2.75) is 76.3 Å². The maximum atomic E-state index is 13.4. The molecule has 0 unspecified atom stereocenters. The Labute approximate surface area is 189 Å². The first-order valence-electron chi connectivity index (χ1n) is 10.5. The van der Waals surface area contributed by atoms with E-state index in [1.54, 1.807) is 12.1 Å². The molecule has 0 atom stereocenters. The molecule has 7 heteroatoms. The van der Waals surface area contributed by atoms with E-state index in [1.165, 1.54) is 50.3 Å². The molecule has 2 aliphatic carbocycles. The van der Waals surface area contributed by atoms with Gasteiger partial charge in [0.05, 0.1) is 20.4 Å². The summed E-state index contributed by atoms with van der Waals surface area (Å²) in [4.78, 5) is 21.1. The molecule has 156 valence electrons. The van der Waals surface area contributed by atoms with Crippen molar-refractivity contribution in [1.29, 1.82) is 0 Å². The average Bonchev–Trinajstić information content (AvgIpc) is 3.02. The molecule has 3 fully saturated rings. The Kier molecular flexibility index (Phi) is 6.92. The number of rotatable bonds is 3. The Morgan fingerprint density at radius 2 is 1.76 bits per heavy atom. The van der Waals surface area contributed by atoms with Crippen LogP contribution < -0.4 is 0 Å². The van der Waals surface area contributed by atoms with Crippen LogP contribution >= 0.6 is 39.3 Å². The SMILES string of the molecule is O=C1C(=Cc2cc(Cl)c(O)c(Br)c2)SC(=NC2CCCCC2)N1C1CCCCC1. The van der Waals surface area contributed by atoms with Crippen LogP contribution in [0.15, 0.2) is 26.5 Å². The van der Waals surface area contributed by atoms with Crippen LogP contribution in [0.3, 0.4) is 0 Å². The lowest BCUT2D eigenvalue weighted by atomic mass is 9.94. The van der Waals surface area contributed by atoms with Gasteiger partial charge < -0.3 is 5.11 Å². The maximum absolute atomic E-state index is 13.4. The number of hydrogen-bond donors (Lipinski definition) is 1. The van der Waals surface area contributed by atoms with Gasteiger partial charge in [-0.2, -0.15) is 0 Å². The van der Waals surface area contributed by atoms with Crippen LogP contribution in [0.4, 0.5) is 0 Å². The fourth-order valence-corrected chi connectivity index (χ4v) is 6.35. The van der Waals surface area contributed by atoms with Crippen molar-refractivity contribution in [2.75, 3.05) is 0 Å². The first kappa shape index (κ1) is 21.3. The van der Waals surface area contributed by atoms with Crippen molar-refractivity contribution >= 4 is 56.4 Å². The molecule has 0 spiro atoms. The molecule has 1 aromatic rings. The monoisotopic (exact) mass is 496 g/mol. The second kappa shape index (κ2) is 9.44. The molecular formula is C22H26BrClN2O2S. The molecule has 0 aromatic heterocycles. The zero-order valence-electron chi connectivity index (χ0n) is 16.4. The first-order chi connectivity index (χ1) is 14.0. The van der Waals surface area contributed by atoms with Crippen LogP contribution in [0.1, 0.15) is 69.8 Å². The third-order valence-electron chi connectivity index (χ3n) is 5.98. The largest absolute Gasteiger partial charge is 0.505 e. The van der Waals surface area contributed by atoms with E-state index in [4.69, 9.17) is 16.6 Å². The number of thioether (sulfide) groups is 1. The molecule has 1 amide bonds. The zero-order valence-corrected chi connectivity index (χ0v) is 19.5. The number of aromatic hydroxyl groups is 1. The Balaban J connectivity index is 1.65. The number of halogens is 2. The molecule has 29 heavy (non-hydrogen) atoms. The predicted molar refractivity (Wildman–Crippen MR) is 124 cm³/mol. The Morgan fingerprint density at radius 1 is 1.10 bits per heavy atom. The van der Waals surface area contributed by atoms with Gasteiger partial charge in [-0.15, -0.1) is 0 Å². The Morgan fingerprint density at radius 3 is 2.41 bits per heavy atom.